The molecule has 0 aliphatic carbocycles. The first-order valence-electron chi connectivity index (χ1n) is 14.4. The van der Waals surface area contributed by atoms with E-state index in [1.165, 1.54) is 41.4 Å². The van der Waals surface area contributed by atoms with E-state index in [1.54, 1.807) is 0 Å². The number of hydrogen-bond acceptors (Lipinski definition) is 3. The van der Waals surface area contributed by atoms with Crippen molar-refractivity contribution in [2.45, 2.75) is 62.4 Å². The van der Waals surface area contributed by atoms with Crippen molar-refractivity contribution in [3.05, 3.63) is 89.5 Å². The molecule has 1 atom stereocenters. The lowest BCUT2D eigenvalue weighted by Crippen LogP contribution is -2.33. The SMILES string of the molecule is Bc1ccc(OC(CCCCN2CCC(c3cccc(NC(=O)C(C)C)c3)CC2)c2ccc(CI)cc2)cc1. The highest BCUT2D eigenvalue weighted by atomic mass is 127. The number of rotatable bonds is 12. The summed E-state index contributed by atoms with van der Waals surface area (Å²) in [4.78, 5) is 14.7. The number of likely N-dealkylation sites (tertiary alicyclic amines) is 1. The van der Waals surface area contributed by atoms with Crippen LogP contribution in [0, 0.1) is 5.92 Å². The molecule has 3 aromatic rings. The number of hydrogen-bond donors (Lipinski definition) is 1. The maximum Gasteiger partial charge on any atom is 0.226 e. The van der Waals surface area contributed by atoms with Gasteiger partial charge in [0.15, 0.2) is 0 Å². The van der Waals surface area contributed by atoms with Crippen molar-refractivity contribution in [3.8, 4) is 5.75 Å². The van der Waals surface area contributed by atoms with E-state index in [0.29, 0.717) is 5.92 Å². The highest BCUT2D eigenvalue weighted by Crippen LogP contribution is 2.31. The maximum absolute atomic E-state index is 12.1. The van der Waals surface area contributed by atoms with Crippen LogP contribution < -0.4 is 15.5 Å². The normalized spacial score (nSPS) is 15.3. The molecule has 3 aromatic carbocycles. The van der Waals surface area contributed by atoms with Crippen LogP contribution in [0.4, 0.5) is 5.69 Å². The molecule has 1 aliphatic heterocycles. The van der Waals surface area contributed by atoms with Crippen LogP contribution in [0.3, 0.4) is 0 Å². The van der Waals surface area contributed by atoms with Gasteiger partial charge in [-0.25, -0.2) is 0 Å². The number of nitrogens with one attached hydrogen (secondary N) is 1. The molecular formula is C33H42BIN2O2. The number of halogens is 1. The highest BCUT2D eigenvalue weighted by Gasteiger charge is 2.21. The van der Waals surface area contributed by atoms with Gasteiger partial charge >= 0.3 is 0 Å². The van der Waals surface area contributed by atoms with Gasteiger partial charge in [-0.3, -0.25) is 4.79 Å². The molecule has 0 bridgehead atoms. The zero-order valence-corrected chi connectivity index (χ0v) is 25.8. The summed E-state index contributed by atoms with van der Waals surface area (Å²) in [5.74, 6) is 1.57. The van der Waals surface area contributed by atoms with Gasteiger partial charge < -0.3 is 15.0 Å². The van der Waals surface area contributed by atoms with Crippen LogP contribution in [-0.2, 0) is 9.22 Å². The molecule has 1 aliphatic rings. The predicted molar refractivity (Wildman–Crippen MR) is 174 cm³/mol. The van der Waals surface area contributed by atoms with Crippen molar-refractivity contribution in [3.63, 3.8) is 0 Å². The second-order valence-corrected chi connectivity index (χ2v) is 11.9. The van der Waals surface area contributed by atoms with Crippen LogP contribution in [0.5, 0.6) is 5.75 Å². The lowest BCUT2D eigenvalue weighted by Gasteiger charge is -2.32. The van der Waals surface area contributed by atoms with Gasteiger partial charge in [0.2, 0.25) is 5.91 Å². The van der Waals surface area contributed by atoms with Crippen molar-refractivity contribution >= 4 is 47.5 Å². The van der Waals surface area contributed by atoms with Crippen molar-refractivity contribution in [1.82, 2.24) is 4.90 Å². The molecular weight excluding hydrogens is 594 g/mol. The van der Waals surface area contributed by atoms with Crippen molar-refractivity contribution in [2.24, 2.45) is 5.92 Å². The number of benzene rings is 3. The average Bonchev–Trinajstić information content (AvgIpc) is 2.96. The first-order valence-corrected chi connectivity index (χ1v) is 15.9. The summed E-state index contributed by atoms with van der Waals surface area (Å²) < 4.78 is 7.52. The smallest absolute Gasteiger partial charge is 0.226 e. The Morgan fingerprint density at radius 3 is 2.41 bits per heavy atom. The standard InChI is InChI=1S/C33H42BIN2O2/c1-24(2)33(38)36-30-7-5-6-28(22-30)26-17-20-37(21-18-26)19-4-3-8-32(27-11-9-25(23-35)10-12-27)39-31-15-13-29(34)14-16-31/h5-7,9-16,22,24,26,32H,3-4,8,17-21,23,34H2,1-2H3,(H,36,38). The van der Waals surface area contributed by atoms with Gasteiger partial charge in [0.25, 0.3) is 0 Å². The monoisotopic (exact) mass is 636 g/mol. The third-order valence-corrected chi connectivity index (χ3v) is 8.61. The van der Waals surface area contributed by atoms with Gasteiger partial charge in [0, 0.05) is 16.0 Å². The Morgan fingerprint density at radius 2 is 1.74 bits per heavy atom. The van der Waals surface area contributed by atoms with E-state index < -0.39 is 0 Å². The summed E-state index contributed by atoms with van der Waals surface area (Å²) in [6, 6.07) is 25.8. The Bertz CT molecular complexity index is 1180. The molecule has 6 heteroatoms. The summed E-state index contributed by atoms with van der Waals surface area (Å²) >= 11 is 2.41. The van der Waals surface area contributed by atoms with Crippen molar-refractivity contribution in [1.29, 1.82) is 0 Å². The predicted octanol–water partition coefficient (Wildman–Crippen LogP) is 6.64. The molecule has 39 heavy (non-hydrogen) atoms. The largest absolute Gasteiger partial charge is 0.486 e. The Hall–Kier alpha value is -2.32. The first kappa shape index (κ1) is 29.7. The fourth-order valence-corrected chi connectivity index (χ4v) is 5.72. The average molecular weight is 636 g/mol. The second kappa shape index (κ2) is 14.9. The Labute approximate surface area is 249 Å². The Kier molecular flexibility index (Phi) is 11.3. The van der Waals surface area contributed by atoms with E-state index >= 15 is 0 Å². The molecule has 1 N–H and O–H groups in total. The Morgan fingerprint density at radius 1 is 1.03 bits per heavy atom. The van der Waals surface area contributed by atoms with E-state index in [4.69, 9.17) is 4.74 Å². The fraction of sp³-hybridized carbons (Fsp3) is 0.424. The molecule has 206 valence electrons. The van der Waals surface area contributed by atoms with Crippen molar-refractivity contribution < 1.29 is 9.53 Å². The van der Waals surface area contributed by atoms with Crippen LogP contribution in [0.2, 0.25) is 0 Å². The minimum Gasteiger partial charge on any atom is -0.486 e. The molecule has 1 amide bonds. The maximum atomic E-state index is 12.1. The molecule has 1 saturated heterocycles. The van der Waals surface area contributed by atoms with Gasteiger partial charge in [0.05, 0.1) is 0 Å². The van der Waals surface area contributed by atoms with Crippen LogP contribution >= 0.6 is 22.6 Å². The minimum absolute atomic E-state index is 0.0114. The van der Waals surface area contributed by atoms with Gasteiger partial charge in [-0.05, 0) is 98.6 Å². The third kappa shape index (κ3) is 9.11. The molecule has 1 unspecified atom stereocenters. The topological polar surface area (TPSA) is 41.6 Å². The number of nitrogens with zero attached hydrogens (tertiary/aromatic N) is 1. The number of alkyl halides is 1. The molecule has 1 fully saturated rings. The molecule has 1 heterocycles. The van der Waals surface area contributed by atoms with Crippen LogP contribution in [0.15, 0.2) is 72.8 Å². The van der Waals surface area contributed by atoms with Crippen LogP contribution in [-0.4, -0.2) is 38.3 Å². The van der Waals surface area contributed by atoms with E-state index in [0.717, 1.165) is 48.3 Å². The zero-order chi connectivity index (χ0) is 27.6. The van der Waals surface area contributed by atoms with Crippen LogP contribution in [0.25, 0.3) is 0 Å². The fourth-order valence-electron chi connectivity index (χ4n) is 5.21. The second-order valence-electron chi connectivity index (χ2n) is 11.2. The number of piperidine rings is 1. The summed E-state index contributed by atoms with van der Waals surface area (Å²) in [7, 11) is 2.11. The lowest BCUT2D eigenvalue weighted by molar-refractivity contribution is -0.118. The number of amides is 1. The number of ether oxygens (including phenoxy) is 1. The number of anilines is 1. The minimum atomic E-state index is -0.0114. The number of carbonyl (C=O) groups is 1. The van der Waals surface area contributed by atoms with E-state index in [9.17, 15) is 4.79 Å². The summed E-state index contributed by atoms with van der Waals surface area (Å²) in [5.41, 5.74) is 6.13. The lowest BCUT2D eigenvalue weighted by atomic mass is 9.89. The molecule has 0 radical (unpaired) electrons. The first-order chi connectivity index (χ1) is 18.9. The van der Waals surface area contributed by atoms with E-state index in [1.807, 2.05) is 19.9 Å². The van der Waals surface area contributed by atoms with Gasteiger partial charge in [-0.2, -0.15) is 0 Å². The molecule has 0 spiro atoms. The molecule has 0 saturated carbocycles. The van der Waals surface area contributed by atoms with E-state index in [2.05, 4.69) is 107 Å². The van der Waals surface area contributed by atoms with E-state index in [-0.39, 0.29) is 17.9 Å². The van der Waals surface area contributed by atoms with Gasteiger partial charge in [-0.15, -0.1) is 0 Å². The molecule has 4 rings (SSSR count). The number of unbranched alkanes of at least 4 members (excludes halogenated alkanes) is 1. The van der Waals surface area contributed by atoms with Gasteiger partial charge in [0.1, 0.15) is 19.7 Å². The quantitative estimate of drug-likeness (QED) is 0.105. The molecule has 4 nitrogen and oxygen atoms in total. The highest BCUT2D eigenvalue weighted by molar-refractivity contribution is 14.1. The van der Waals surface area contributed by atoms with Gasteiger partial charge in [-0.1, -0.05) is 90.4 Å². The van der Waals surface area contributed by atoms with Crippen molar-refractivity contribution in [2.75, 3.05) is 25.0 Å². The number of carbonyl (C=O) groups excluding carboxylic acids is 1. The summed E-state index contributed by atoms with van der Waals surface area (Å²) in [6.45, 7) is 7.26. The summed E-state index contributed by atoms with van der Waals surface area (Å²) in [6.07, 6.45) is 5.75. The molecule has 0 aromatic heterocycles. The zero-order valence-electron chi connectivity index (χ0n) is 23.7. The Balaban J connectivity index is 1.25. The van der Waals surface area contributed by atoms with Crippen LogP contribution in [0.1, 0.15) is 74.7 Å². The summed E-state index contributed by atoms with van der Waals surface area (Å²) in [5, 5.41) is 3.05. The third-order valence-electron chi connectivity index (χ3n) is 7.73.